The molecule has 0 aliphatic rings. The Bertz CT molecular complexity index is 591. The Hall–Kier alpha value is -0.920. The predicted molar refractivity (Wildman–Crippen MR) is 95.4 cm³/mol. The number of nitrogens with zero attached hydrogens (tertiary/aromatic N) is 2. The van der Waals surface area contributed by atoms with Gasteiger partial charge in [0, 0.05) is 36.0 Å². The van der Waals surface area contributed by atoms with Gasteiger partial charge in [0.2, 0.25) is 0 Å². The van der Waals surface area contributed by atoms with Crippen LogP contribution in [-0.4, -0.2) is 24.5 Å². The highest BCUT2D eigenvalue weighted by Gasteiger charge is 2.03. The summed E-state index contributed by atoms with van der Waals surface area (Å²) < 4.78 is 1.15. The van der Waals surface area contributed by atoms with Crippen molar-refractivity contribution in [3.05, 3.63) is 36.9 Å². The minimum Gasteiger partial charge on any atom is -0.356 e. The second-order valence-corrected chi connectivity index (χ2v) is 8.13. The van der Waals surface area contributed by atoms with E-state index in [-0.39, 0.29) is 0 Å². The number of guanidine groups is 1. The maximum absolute atomic E-state index is 4.42. The molecule has 4 nitrogen and oxygen atoms in total. The lowest BCUT2D eigenvalue weighted by Crippen LogP contribution is -2.37. The summed E-state index contributed by atoms with van der Waals surface area (Å²) in [5.74, 6) is 0.826. The molecule has 0 radical (unpaired) electrons. The van der Waals surface area contributed by atoms with Gasteiger partial charge in [0.1, 0.15) is 0 Å². The van der Waals surface area contributed by atoms with E-state index in [1.807, 2.05) is 6.20 Å². The van der Waals surface area contributed by atoms with Crippen molar-refractivity contribution < 1.29 is 0 Å². The normalized spacial score (nSPS) is 11.7. The molecular weight excluding hydrogens is 368 g/mol. The van der Waals surface area contributed by atoms with Crippen molar-refractivity contribution in [2.45, 2.75) is 26.3 Å². The first-order valence-corrected chi connectivity index (χ1v) is 9.26. The van der Waals surface area contributed by atoms with E-state index >= 15 is 0 Å². The number of rotatable bonds is 6. The minimum atomic E-state index is 0.785. The van der Waals surface area contributed by atoms with Gasteiger partial charge in [0.25, 0.3) is 0 Å². The summed E-state index contributed by atoms with van der Waals surface area (Å²) in [5, 5.41) is 7.81. The second-order valence-electron chi connectivity index (χ2n) is 4.38. The SMILES string of the molecule is CCc1cnc(CCNC(=NC)NCc2ccc(Br)s2)s1. The Morgan fingerprint density at radius 2 is 2.14 bits per heavy atom. The van der Waals surface area contributed by atoms with E-state index in [1.165, 1.54) is 14.8 Å². The van der Waals surface area contributed by atoms with Crippen molar-refractivity contribution in [3.8, 4) is 0 Å². The maximum Gasteiger partial charge on any atom is 0.191 e. The smallest absolute Gasteiger partial charge is 0.191 e. The highest BCUT2D eigenvalue weighted by atomic mass is 79.9. The third kappa shape index (κ3) is 5.41. The molecule has 2 heterocycles. The summed E-state index contributed by atoms with van der Waals surface area (Å²) in [4.78, 5) is 11.3. The molecule has 0 atom stereocenters. The molecule has 2 rings (SSSR count). The monoisotopic (exact) mass is 386 g/mol. The molecule has 0 unspecified atom stereocenters. The summed E-state index contributed by atoms with van der Waals surface area (Å²) >= 11 is 6.99. The average molecular weight is 387 g/mol. The molecule has 0 amide bonds. The summed E-state index contributed by atoms with van der Waals surface area (Å²) in [6, 6.07) is 4.17. The molecule has 114 valence electrons. The van der Waals surface area contributed by atoms with Gasteiger partial charge < -0.3 is 10.6 Å². The first kappa shape index (κ1) is 16.5. The van der Waals surface area contributed by atoms with Crippen molar-refractivity contribution in [2.24, 2.45) is 4.99 Å². The van der Waals surface area contributed by atoms with Crippen LogP contribution >= 0.6 is 38.6 Å². The van der Waals surface area contributed by atoms with Crippen LogP contribution in [0.5, 0.6) is 0 Å². The molecule has 0 bridgehead atoms. The molecule has 0 saturated carbocycles. The fourth-order valence-electron chi connectivity index (χ4n) is 1.75. The van der Waals surface area contributed by atoms with Gasteiger partial charge in [-0.05, 0) is 34.5 Å². The van der Waals surface area contributed by atoms with Crippen molar-refractivity contribution in [1.29, 1.82) is 0 Å². The van der Waals surface area contributed by atoms with Crippen LogP contribution in [0.15, 0.2) is 27.1 Å². The van der Waals surface area contributed by atoms with Gasteiger partial charge in [-0.2, -0.15) is 0 Å². The van der Waals surface area contributed by atoms with E-state index in [1.54, 1.807) is 29.7 Å². The Morgan fingerprint density at radius 1 is 1.29 bits per heavy atom. The van der Waals surface area contributed by atoms with E-state index in [9.17, 15) is 0 Å². The number of halogens is 1. The number of aliphatic imine (C=N–C) groups is 1. The molecule has 0 spiro atoms. The maximum atomic E-state index is 4.42. The predicted octanol–water partition coefficient (Wildman–Crippen LogP) is 3.44. The third-order valence-electron chi connectivity index (χ3n) is 2.86. The van der Waals surface area contributed by atoms with E-state index < -0.39 is 0 Å². The summed E-state index contributed by atoms with van der Waals surface area (Å²) in [7, 11) is 1.79. The molecule has 0 aliphatic heterocycles. The lowest BCUT2D eigenvalue weighted by Gasteiger charge is -2.10. The molecule has 0 aromatic carbocycles. The zero-order chi connectivity index (χ0) is 15.1. The topological polar surface area (TPSA) is 49.3 Å². The molecule has 21 heavy (non-hydrogen) atoms. The minimum absolute atomic E-state index is 0.785. The number of aromatic nitrogens is 1. The van der Waals surface area contributed by atoms with Crippen LogP contribution < -0.4 is 10.6 Å². The lowest BCUT2D eigenvalue weighted by molar-refractivity contribution is 0.796. The van der Waals surface area contributed by atoms with Crippen LogP contribution in [-0.2, 0) is 19.4 Å². The molecule has 7 heteroatoms. The fourth-order valence-corrected chi connectivity index (χ4v) is 4.04. The van der Waals surface area contributed by atoms with Crippen LogP contribution in [0.25, 0.3) is 0 Å². The van der Waals surface area contributed by atoms with E-state index in [0.29, 0.717) is 0 Å². The first-order valence-electron chi connectivity index (χ1n) is 6.83. The number of thiazole rings is 1. The highest BCUT2D eigenvalue weighted by molar-refractivity contribution is 9.11. The number of hydrogen-bond donors (Lipinski definition) is 2. The van der Waals surface area contributed by atoms with Crippen molar-refractivity contribution in [2.75, 3.05) is 13.6 Å². The van der Waals surface area contributed by atoms with Crippen molar-refractivity contribution in [3.63, 3.8) is 0 Å². The van der Waals surface area contributed by atoms with Gasteiger partial charge >= 0.3 is 0 Å². The molecule has 2 aromatic heterocycles. The quantitative estimate of drug-likeness (QED) is 0.590. The Labute approximate surface area is 141 Å². The highest BCUT2D eigenvalue weighted by Crippen LogP contribution is 2.21. The Kier molecular flexibility index (Phi) is 6.66. The summed E-state index contributed by atoms with van der Waals surface area (Å²) in [5.41, 5.74) is 0. The van der Waals surface area contributed by atoms with Crippen LogP contribution in [0, 0.1) is 0 Å². The molecule has 2 aromatic rings. The largest absolute Gasteiger partial charge is 0.356 e. The molecule has 0 aliphatic carbocycles. The second kappa shape index (κ2) is 8.51. The zero-order valence-corrected chi connectivity index (χ0v) is 15.4. The number of thiophene rings is 1. The number of nitrogens with one attached hydrogen (secondary N) is 2. The van der Waals surface area contributed by atoms with E-state index in [4.69, 9.17) is 0 Å². The average Bonchev–Trinajstić information content (AvgIpc) is 3.11. The fraction of sp³-hybridized carbons (Fsp3) is 0.429. The van der Waals surface area contributed by atoms with Gasteiger partial charge in [0.05, 0.1) is 15.3 Å². The van der Waals surface area contributed by atoms with E-state index in [2.05, 4.69) is 55.6 Å². The standard InChI is InChI=1S/C14H19BrN4S2/c1-3-10-8-18-13(21-10)6-7-17-14(16-2)19-9-11-4-5-12(15)20-11/h4-5,8H,3,6-7,9H2,1-2H3,(H2,16,17,19). The van der Waals surface area contributed by atoms with Gasteiger partial charge in [-0.15, -0.1) is 22.7 Å². The summed E-state index contributed by atoms with van der Waals surface area (Å²) in [6.07, 6.45) is 3.96. The van der Waals surface area contributed by atoms with Crippen LogP contribution in [0.4, 0.5) is 0 Å². The van der Waals surface area contributed by atoms with Crippen molar-refractivity contribution in [1.82, 2.24) is 15.6 Å². The van der Waals surface area contributed by atoms with Crippen LogP contribution in [0.3, 0.4) is 0 Å². The van der Waals surface area contributed by atoms with Crippen molar-refractivity contribution >= 4 is 44.6 Å². The van der Waals surface area contributed by atoms with Crippen LogP contribution in [0.2, 0.25) is 0 Å². The molecule has 0 fully saturated rings. The number of aryl methyl sites for hydroxylation is 1. The molecule has 2 N–H and O–H groups in total. The Morgan fingerprint density at radius 3 is 2.76 bits per heavy atom. The summed E-state index contributed by atoms with van der Waals surface area (Å²) in [6.45, 7) is 3.78. The Balaban J connectivity index is 1.72. The van der Waals surface area contributed by atoms with Gasteiger partial charge in [0.15, 0.2) is 5.96 Å². The number of hydrogen-bond acceptors (Lipinski definition) is 4. The third-order valence-corrected chi connectivity index (χ3v) is 5.69. The molecular formula is C14H19BrN4S2. The van der Waals surface area contributed by atoms with Gasteiger partial charge in [-0.25, -0.2) is 4.98 Å². The van der Waals surface area contributed by atoms with E-state index in [0.717, 1.165) is 35.7 Å². The van der Waals surface area contributed by atoms with Gasteiger partial charge in [-0.3, -0.25) is 4.99 Å². The lowest BCUT2D eigenvalue weighted by atomic mass is 10.4. The van der Waals surface area contributed by atoms with Crippen LogP contribution in [0.1, 0.15) is 21.7 Å². The zero-order valence-electron chi connectivity index (χ0n) is 12.1. The van der Waals surface area contributed by atoms with Gasteiger partial charge in [-0.1, -0.05) is 6.92 Å². The first-order chi connectivity index (χ1) is 10.2. The molecule has 0 saturated heterocycles.